The van der Waals surface area contributed by atoms with Crippen molar-refractivity contribution in [2.24, 2.45) is 0 Å². The van der Waals surface area contributed by atoms with Crippen LogP contribution in [0.2, 0.25) is 0 Å². The Hall–Kier alpha value is -0.900. The maximum absolute atomic E-state index is 8.78. The van der Waals surface area contributed by atoms with Crippen molar-refractivity contribution in [3.63, 3.8) is 0 Å². The average molecular weight is 208 g/mol. The molecule has 2 rings (SSSR count). The molecule has 1 aromatic carbocycles. The van der Waals surface area contributed by atoms with Crippen LogP contribution in [0.5, 0.6) is 0 Å². The molecular formula is C12H16O3. The zero-order chi connectivity index (χ0) is 10.7. The number of benzene rings is 1. The molecule has 0 spiro atoms. The predicted octanol–water partition coefficient (Wildman–Crippen LogP) is 1.79. The van der Waals surface area contributed by atoms with Gasteiger partial charge in [0.05, 0.1) is 12.7 Å². The summed E-state index contributed by atoms with van der Waals surface area (Å²) in [5.74, 6) is 0. The zero-order valence-corrected chi connectivity index (χ0v) is 8.85. The highest BCUT2D eigenvalue weighted by molar-refractivity contribution is 5.22. The molecule has 3 heteroatoms. The van der Waals surface area contributed by atoms with Crippen LogP contribution in [-0.4, -0.2) is 24.4 Å². The SMILES string of the molecule is Cc1ccc(C2OCC(CCO)O2)cc1. The van der Waals surface area contributed by atoms with Gasteiger partial charge in [0, 0.05) is 12.2 Å². The zero-order valence-electron chi connectivity index (χ0n) is 8.85. The van der Waals surface area contributed by atoms with E-state index in [4.69, 9.17) is 14.6 Å². The van der Waals surface area contributed by atoms with Crippen LogP contribution in [0.3, 0.4) is 0 Å². The fourth-order valence-corrected chi connectivity index (χ4v) is 1.64. The second kappa shape index (κ2) is 4.75. The van der Waals surface area contributed by atoms with E-state index in [0.717, 1.165) is 5.56 Å². The molecule has 1 aromatic rings. The van der Waals surface area contributed by atoms with Crippen LogP contribution < -0.4 is 0 Å². The molecule has 0 bridgehead atoms. The molecule has 0 aromatic heterocycles. The number of aryl methyl sites for hydroxylation is 1. The van der Waals surface area contributed by atoms with Gasteiger partial charge in [-0.15, -0.1) is 0 Å². The minimum atomic E-state index is -0.262. The van der Waals surface area contributed by atoms with Crippen LogP contribution in [0.4, 0.5) is 0 Å². The molecule has 3 nitrogen and oxygen atoms in total. The molecule has 1 aliphatic rings. The summed E-state index contributed by atoms with van der Waals surface area (Å²) >= 11 is 0. The first kappa shape index (κ1) is 10.6. The van der Waals surface area contributed by atoms with Gasteiger partial charge in [-0.3, -0.25) is 0 Å². The van der Waals surface area contributed by atoms with Crippen LogP contribution in [0, 0.1) is 6.92 Å². The molecule has 1 heterocycles. The Bertz CT molecular complexity index is 307. The molecule has 0 aliphatic carbocycles. The van der Waals surface area contributed by atoms with Gasteiger partial charge in [0.1, 0.15) is 0 Å². The van der Waals surface area contributed by atoms with Crippen molar-refractivity contribution in [1.29, 1.82) is 0 Å². The van der Waals surface area contributed by atoms with Crippen LogP contribution in [-0.2, 0) is 9.47 Å². The predicted molar refractivity (Wildman–Crippen MR) is 56.4 cm³/mol. The van der Waals surface area contributed by atoms with Gasteiger partial charge < -0.3 is 14.6 Å². The van der Waals surface area contributed by atoms with Gasteiger partial charge in [0.25, 0.3) is 0 Å². The van der Waals surface area contributed by atoms with Gasteiger partial charge in [0.15, 0.2) is 6.29 Å². The molecule has 82 valence electrons. The summed E-state index contributed by atoms with van der Waals surface area (Å²) in [5, 5.41) is 8.78. The maximum Gasteiger partial charge on any atom is 0.184 e. The highest BCUT2D eigenvalue weighted by Gasteiger charge is 2.26. The molecule has 1 N–H and O–H groups in total. The normalized spacial score (nSPS) is 25.7. The van der Waals surface area contributed by atoms with Crippen molar-refractivity contribution in [2.75, 3.05) is 13.2 Å². The van der Waals surface area contributed by atoms with Crippen molar-refractivity contribution < 1.29 is 14.6 Å². The van der Waals surface area contributed by atoms with Crippen molar-refractivity contribution in [3.05, 3.63) is 35.4 Å². The van der Waals surface area contributed by atoms with E-state index in [0.29, 0.717) is 13.0 Å². The average Bonchev–Trinajstić information content (AvgIpc) is 2.68. The minimum Gasteiger partial charge on any atom is -0.396 e. The van der Waals surface area contributed by atoms with Gasteiger partial charge in [0.2, 0.25) is 0 Å². The van der Waals surface area contributed by atoms with E-state index < -0.39 is 0 Å². The van der Waals surface area contributed by atoms with Crippen LogP contribution in [0.1, 0.15) is 23.8 Å². The van der Waals surface area contributed by atoms with Crippen molar-refractivity contribution >= 4 is 0 Å². The smallest absolute Gasteiger partial charge is 0.184 e. The Morgan fingerprint density at radius 2 is 2.07 bits per heavy atom. The minimum absolute atomic E-state index is 0.0290. The molecule has 1 fully saturated rings. The highest BCUT2D eigenvalue weighted by atomic mass is 16.7. The number of ether oxygens (including phenoxy) is 2. The van der Waals surface area contributed by atoms with Crippen LogP contribution >= 0.6 is 0 Å². The van der Waals surface area contributed by atoms with Crippen LogP contribution in [0.25, 0.3) is 0 Å². The van der Waals surface area contributed by atoms with E-state index in [1.54, 1.807) is 0 Å². The summed E-state index contributed by atoms with van der Waals surface area (Å²) in [5.41, 5.74) is 2.27. The maximum atomic E-state index is 8.78. The summed E-state index contributed by atoms with van der Waals surface area (Å²) < 4.78 is 11.2. The summed E-state index contributed by atoms with van der Waals surface area (Å²) in [6.45, 7) is 2.77. The third-order valence-electron chi connectivity index (χ3n) is 2.55. The fraction of sp³-hybridized carbons (Fsp3) is 0.500. The highest BCUT2D eigenvalue weighted by Crippen LogP contribution is 2.27. The van der Waals surface area contributed by atoms with E-state index >= 15 is 0 Å². The Balaban J connectivity index is 1.98. The van der Waals surface area contributed by atoms with Gasteiger partial charge in [-0.05, 0) is 13.3 Å². The molecule has 0 radical (unpaired) electrons. The fourth-order valence-electron chi connectivity index (χ4n) is 1.64. The lowest BCUT2D eigenvalue weighted by atomic mass is 10.1. The van der Waals surface area contributed by atoms with E-state index in [1.807, 2.05) is 24.3 Å². The van der Waals surface area contributed by atoms with E-state index in [2.05, 4.69) is 6.92 Å². The van der Waals surface area contributed by atoms with E-state index in [-0.39, 0.29) is 19.0 Å². The number of rotatable bonds is 3. The van der Waals surface area contributed by atoms with Crippen molar-refractivity contribution in [3.8, 4) is 0 Å². The standard InChI is InChI=1S/C12H16O3/c1-9-2-4-10(5-3-9)12-14-8-11(15-12)6-7-13/h2-5,11-13H,6-8H2,1H3. The molecule has 2 atom stereocenters. The Morgan fingerprint density at radius 3 is 2.73 bits per heavy atom. The van der Waals surface area contributed by atoms with Gasteiger partial charge in [-0.25, -0.2) is 0 Å². The summed E-state index contributed by atoms with van der Waals surface area (Å²) in [6.07, 6.45) is 0.408. The molecular weight excluding hydrogens is 192 g/mol. The lowest BCUT2D eigenvalue weighted by molar-refractivity contribution is -0.0627. The monoisotopic (exact) mass is 208 g/mol. The summed E-state index contributed by atoms with van der Waals surface area (Å²) in [6, 6.07) is 8.12. The number of aliphatic hydroxyl groups excluding tert-OH is 1. The number of aliphatic hydroxyl groups is 1. The number of hydrogen-bond acceptors (Lipinski definition) is 3. The third-order valence-corrected chi connectivity index (χ3v) is 2.55. The van der Waals surface area contributed by atoms with Crippen LogP contribution in [0.15, 0.2) is 24.3 Å². The molecule has 0 saturated carbocycles. The van der Waals surface area contributed by atoms with Gasteiger partial charge in [-0.1, -0.05) is 29.8 Å². The Kier molecular flexibility index (Phi) is 3.36. The summed E-state index contributed by atoms with van der Waals surface area (Å²) in [4.78, 5) is 0. The first-order chi connectivity index (χ1) is 7.29. The molecule has 1 saturated heterocycles. The number of hydrogen-bond donors (Lipinski definition) is 1. The Morgan fingerprint density at radius 1 is 1.33 bits per heavy atom. The summed E-state index contributed by atoms with van der Waals surface area (Å²) in [7, 11) is 0. The quantitative estimate of drug-likeness (QED) is 0.823. The van der Waals surface area contributed by atoms with Gasteiger partial charge in [-0.2, -0.15) is 0 Å². The molecule has 0 amide bonds. The second-order valence-electron chi connectivity index (χ2n) is 3.85. The molecule has 1 aliphatic heterocycles. The largest absolute Gasteiger partial charge is 0.396 e. The topological polar surface area (TPSA) is 38.7 Å². The molecule has 2 unspecified atom stereocenters. The lowest BCUT2D eigenvalue weighted by Gasteiger charge is -2.11. The van der Waals surface area contributed by atoms with E-state index in [1.165, 1.54) is 5.56 Å². The Labute approximate surface area is 89.6 Å². The molecule has 15 heavy (non-hydrogen) atoms. The first-order valence-electron chi connectivity index (χ1n) is 5.24. The van der Waals surface area contributed by atoms with Gasteiger partial charge >= 0.3 is 0 Å². The third kappa shape index (κ3) is 2.56. The lowest BCUT2D eigenvalue weighted by Crippen LogP contribution is -2.11. The van der Waals surface area contributed by atoms with Crippen molar-refractivity contribution in [1.82, 2.24) is 0 Å². The first-order valence-corrected chi connectivity index (χ1v) is 5.24. The second-order valence-corrected chi connectivity index (χ2v) is 3.85. The van der Waals surface area contributed by atoms with E-state index in [9.17, 15) is 0 Å². The van der Waals surface area contributed by atoms with Crippen molar-refractivity contribution in [2.45, 2.75) is 25.7 Å².